The Hall–Kier alpha value is -2.66. The first kappa shape index (κ1) is 18.1. The predicted molar refractivity (Wildman–Crippen MR) is 106 cm³/mol. The van der Waals surface area contributed by atoms with Crippen LogP contribution < -0.4 is 10.1 Å². The van der Waals surface area contributed by atoms with Crippen LogP contribution in [0.3, 0.4) is 0 Å². The summed E-state index contributed by atoms with van der Waals surface area (Å²) in [5.74, 6) is 0.664. The molecule has 0 aliphatic carbocycles. The first-order chi connectivity index (χ1) is 12.7. The average molecular weight is 366 g/mol. The van der Waals surface area contributed by atoms with Gasteiger partial charge < -0.3 is 10.1 Å². The van der Waals surface area contributed by atoms with Crippen molar-refractivity contribution in [3.05, 3.63) is 76.8 Å². The van der Waals surface area contributed by atoms with Gasteiger partial charge in [0, 0.05) is 17.5 Å². The molecule has 0 radical (unpaired) electrons. The maximum atomic E-state index is 12.6. The topological polar surface area (TPSA) is 51.2 Å². The molecule has 5 heteroatoms. The van der Waals surface area contributed by atoms with E-state index in [0.717, 1.165) is 34.6 Å². The molecule has 0 saturated carbocycles. The third kappa shape index (κ3) is 4.49. The molecule has 0 saturated heterocycles. The molecule has 3 rings (SSSR count). The minimum Gasteiger partial charge on any atom is -0.497 e. The monoisotopic (exact) mass is 366 g/mol. The standard InChI is InChI=1S/C21H22N2O2S/c1-3-19(16-9-5-4-6-10-16)20(24)23-21-22-14-18(26-21)13-15-8-7-11-17(12-15)25-2/h4-12,14,19H,3,13H2,1-2H3,(H,22,23,24). The molecular formula is C21H22N2O2S. The van der Waals surface area contributed by atoms with Crippen LogP contribution in [0.2, 0.25) is 0 Å². The fourth-order valence-electron chi connectivity index (χ4n) is 2.88. The van der Waals surface area contributed by atoms with E-state index in [2.05, 4.69) is 16.4 Å². The van der Waals surface area contributed by atoms with Gasteiger partial charge in [0.15, 0.2) is 5.13 Å². The third-order valence-electron chi connectivity index (χ3n) is 4.22. The Kier molecular flexibility index (Phi) is 6.02. The molecule has 3 aromatic rings. The van der Waals surface area contributed by atoms with Crippen molar-refractivity contribution >= 4 is 22.4 Å². The van der Waals surface area contributed by atoms with Crippen LogP contribution in [0, 0.1) is 0 Å². The number of hydrogen-bond acceptors (Lipinski definition) is 4. The van der Waals surface area contributed by atoms with Gasteiger partial charge in [-0.2, -0.15) is 0 Å². The lowest BCUT2D eigenvalue weighted by Gasteiger charge is -2.14. The van der Waals surface area contributed by atoms with Gasteiger partial charge in [0.1, 0.15) is 5.75 Å². The van der Waals surface area contributed by atoms with Crippen molar-refractivity contribution in [2.75, 3.05) is 12.4 Å². The number of aromatic nitrogens is 1. The fraction of sp³-hybridized carbons (Fsp3) is 0.238. The summed E-state index contributed by atoms with van der Waals surface area (Å²) in [7, 11) is 1.66. The van der Waals surface area contributed by atoms with E-state index in [9.17, 15) is 4.79 Å². The first-order valence-electron chi connectivity index (χ1n) is 8.63. The Morgan fingerprint density at radius 1 is 1.19 bits per heavy atom. The van der Waals surface area contributed by atoms with E-state index >= 15 is 0 Å². The van der Waals surface area contributed by atoms with E-state index in [1.54, 1.807) is 7.11 Å². The molecule has 0 spiro atoms. The predicted octanol–water partition coefficient (Wildman–Crippen LogP) is 4.87. The molecule has 1 amide bonds. The Morgan fingerprint density at radius 2 is 2.00 bits per heavy atom. The van der Waals surface area contributed by atoms with Crippen molar-refractivity contribution in [1.82, 2.24) is 4.98 Å². The third-order valence-corrected chi connectivity index (χ3v) is 5.14. The second-order valence-electron chi connectivity index (χ2n) is 6.02. The summed E-state index contributed by atoms with van der Waals surface area (Å²) in [6.45, 7) is 2.02. The zero-order chi connectivity index (χ0) is 18.4. The normalized spacial score (nSPS) is 11.8. The second-order valence-corrected chi connectivity index (χ2v) is 7.14. The van der Waals surface area contributed by atoms with Crippen LogP contribution in [0.4, 0.5) is 5.13 Å². The van der Waals surface area contributed by atoms with Crippen LogP contribution in [0.5, 0.6) is 5.75 Å². The number of benzene rings is 2. The molecule has 1 unspecified atom stereocenters. The molecule has 1 atom stereocenters. The number of thiazole rings is 1. The molecule has 1 aromatic heterocycles. The summed E-state index contributed by atoms with van der Waals surface area (Å²) >= 11 is 1.51. The number of hydrogen-bond donors (Lipinski definition) is 1. The number of carbonyl (C=O) groups is 1. The van der Waals surface area contributed by atoms with Crippen molar-refractivity contribution in [3.8, 4) is 5.75 Å². The summed E-state index contributed by atoms with van der Waals surface area (Å²) in [5, 5.41) is 3.60. The Bertz CT molecular complexity index is 861. The number of nitrogens with zero attached hydrogens (tertiary/aromatic N) is 1. The molecular weight excluding hydrogens is 344 g/mol. The molecule has 1 heterocycles. The van der Waals surface area contributed by atoms with E-state index in [0.29, 0.717) is 5.13 Å². The highest BCUT2D eigenvalue weighted by atomic mass is 32.1. The first-order valence-corrected chi connectivity index (χ1v) is 9.44. The van der Waals surface area contributed by atoms with E-state index in [1.807, 2.05) is 61.7 Å². The second kappa shape index (κ2) is 8.63. The Morgan fingerprint density at radius 3 is 2.73 bits per heavy atom. The van der Waals surface area contributed by atoms with Gasteiger partial charge in [-0.3, -0.25) is 4.79 Å². The van der Waals surface area contributed by atoms with Crippen LogP contribution in [0.15, 0.2) is 60.8 Å². The van der Waals surface area contributed by atoms with E-state index in [4.69, 9.17) is 4.74 Å². The summed E-state index contributed by atoms with van der Waals surface area (Å²) in [6.07, 6.45) is 3.34. The Labute approximate surface area is 157 Å². The summed E-state index contributed by atoms with van der Waals surface area (Å²) in [5.41, 5.74) is 2.18. The van der Waals surface area contributed by atoms with Crippen LogP contribution in [0.1, 0.15) is 35.3 Å². The highest BCUT2D eigenvalue weighted by molar-refractivity contribution is 7.15. The lowest BCUT2D eigenvalue weighted by Crippen LogP contribution is -2.20. The Balaban J connectivity index is 1.66. The van der Waals surface area contributed by atoms with Gasteiger partial charge in [0.25, 0.3) is 0 Å². The molecule has 0 aliphatic rings. The molecule has 2 aromatic carbocycles. The van der Waals surface area contributed by atoms with Crippen molar-refractivity contribution in [2.24, 2.45) is 0 Å². The van der Waals surface area contributed by atoms with Crippen LogP contribution in [-0.2, 0) is 11.2 Å². The van der Waals surface area contributed by atoms with Crippen molar-refractivity contribution in [1.29, 1.82) is 0 Å². The molecule has 1 N–H and O–H groups in total. The minimum absolute atomic E-state index is 0.0130. The van der Waals surface area contributed by atoms with Gasteiger partial charge in [0.2, 0.25) is 5.91 Å². The lowest BCUT2D eigenvalue weighted by molar-refractivity contribution is -0.117. The number of carbonyl (C=O) groups excluding carboxylic acids is 1. The highest BCUT2D eigenvalue weighted by Crippen LogP contribution is 2.26. The maximum Gasteiger partial charge on any atom is 0.233 e. The number of anilines is 1. The molecule has 4 nitrogen and oxygen atoms in total. The van der Waals surface area contributed by atoms with Crippen LogP contribution in [0.25, 0.3) is 0 Å². The number of nitrogens with one attached hydrogen (secondary N) is 1. The van der Waals surface area contributed by atoms with E-state index < -0.39 is 0 Å². The molecule has 134 valence electrons. The van der Waals surface area contributed by atoms with Crippen LogP contribution >= 0.6 is 11.3 Å². The zero-order valence-electron chi connectivity index (χ0n) is 14.9. The number of methoxy groups -OCH3 is 1. The number of rotatable bonds is 7. The summed E-state index contributed by atoms with van der Waals surface area (Å²) in [4.78, 5) is 18.1. The largest absolute Gasteiger partial charge is 0.497 e. The maximum absolute atomic E-state index is 12.6. The molecule has 0 bridgehead atoms. The summed E-state index contributed by atoms with van der Waals surface area (Å²) in [6, 6.07) is 17.8. The van der Waals surface area contributed by atoms with Gasteiger partial charge in [0.05, 0.1) is 13.0 Å². The van der Waals surface area contributed by atoms with Gasteiger partial charge in [-0.1, -0.05) is 49.4 Å². The fourth-order valence-corrected chi connectivity index (χ4v) is 3.73. The van der Waals surface area contributed by atoms with E-state index in [-0.39, 0.29) is 11.8 Å². The number of amides is 1. The van der Waals surface area contributed by atoms with Gasteiger partial charge in [-0.15, -0.1) is 11.3 Å². The highest BCUT2D eigenvalue weighted by Gasteiger charge is 2.19. The van der Waals surface area contributed by atoms with Crippen LogP contribution in [-0.4, -0.2) is 18.0 Å². The van der Waals surface area contributed by atoms with Gasteiger partial charge in [-0.05, 0) is 29.7 Å². The average Bonchev–Trinajstić information content (AvgIpc) is 3.10. The quantitative estimate of drug-likeness (QED) is 0.649. The zero-order valence-corrected chi connectivity index (χ0v) is 15.8. The van der Waals surface area contributed by atoms with E-state index in [1.165, 1.54) is 11.3 Å². The van der Waals surface area contributed by atoms with Crippen molar-refractivity contribution < 1.29 is 9.53 Å². The molecule has 0 fully saturated rings. The SMILES string of the molecule is CCC(C(=O)Nc1ncc(Cc2cccc(OC)c2)s1)c1ccccc1. The summed E-state index contributed by atoms with van der Waals surface area (Å²) < 4.78 is 5.26. The van der Waals surface area contributed by atoms with Gasteiger partial charge >= 0.3 is 0 Å². The van der Waals surface area contributed by atoms with Crippen molar-refractivity contribution in [3.63, 3.8) is 0 Å². The smallest absolute Gasteiger partial charge is 0.233 e. The molecule has 0 aliphatic heterocycles. The minimum atomic E-state index is -0.165. The molecule has 26 heavy (non-hydrogen) atoms. The van der Waals surface area contributed by atoms with Gasteiger partial charge in [-0.25, -0.2) is 4.98 Å². The lowest BCUT2D eigenvalue weighted by atomic mass is 9.96. The number of ether oxygens (including phenoxy) is 1. The van der Waals surface area contributed by atoms with Crippen molar-refractivity contribution in [2.45, 2.75) is 25.7 Å².